The highest BCUT2D eigenvalue weighted by atomic mass is 35.5. The third-order valence-corrected chi connectivity index (χ3v) is 5.97. The fourth-order valence-corrected chi connectivity index (χ4v) is 3.96. The first-order chi connectivity index (χ1) is 13.4. The number of hydrogen-bond donors (Lipinski definition) is 1. The minimum Gasteiger partial charge on any atom is -0.382 e. The number of aromatic nitrogens is 2. The minimum absolute atomic E-state index is 0.0752. The van der Waals surface area contributed by atoms with Crippen molar-refractivity contribution in [3.8, 4) is 0 Å². The molecule has 2 aromatic rings. The van der Waals surface area contributed by atoms with E-state index in [1.807, 2.05) is 12.1 Å². The molecule has 2 heterocycles. The van der Waals surface area contributed by atoms with Gasteiger partial charge in [0.1, 0.15) is 10.8 Å². The number of hydrogen-bond acceptors (Lipinski definition) is 7. The van der Waals surface area contributed by atoms with Crippen molar-refractivity contribution in [2.75, 3.05) is 32.0 Å². The number of ether oxygens (including phenoxy) is 1. The van der Waals surface area contributed by atoms with E-state index in [-0.39, 0.29) is 12.0 Å². The lowest BCUT2D eigenvalue weighted by Crippen LogP contribution is -2.46. The van der Waals surface area contributed by atoms with Gasteiger partial charge in [0.05, 0.1) is 29.3 Å². The molecule has 0 aliphatic carbocycles. The maximum Gasteiger partial charge on any atom is 0.229 e. The summed E-state index contributed by atoms with van der Waals surface area (Å²) >= 11 is 13.3. The molecule has 1 atom stereocenters. The van der Waals surface area contributed by atoms with Crippen LogP contribution < -0.4 is 5.73 Å². The van der Waals surface area contributed by atoms with Crippen LogP contribution >= 0.6 is 35.1 Å². The predicted octanol–water partition coefficient (Wildman–Crippen LogP) is 3.12. The van der Waals surface area contributed by atoms with Gasteiger partial charge in [0, 0.05) is 38.5 Å². The van der Waals surface area contributed by atoms with Crippen LogP contribution in [0.4, 0.5) is 5.82 Å². The quantitative estimate of drug-likeness (QED) is 0.688. The molecule has 150 valence electrons. The normalized spacial score (nSPS) is 17.5. The highest BCUT2D eigenvalue weighted by molar-refractivity contribution is 7.97. The fraction of sp³-hybridized carbons (Fsp3) is 0.389. The average molecular weight is 442 g/mol. The molecule has 28 heavy (non-hydrogen) atoms. The minimum atomic E-state index is -0.102. The standard InChI is InChI=1S/C18H21Cl2N5O2S/c1-12(26)25(28-18-5-4-17(21)22-23-18)11-14-10-24(6-7-27-14)9-13-2-3-15(19)16(20)8-13/h2-5,8,14H,6-7,9-11H2,1H3,(H2,21,22)/t14-/m0/s1. The first kappa shape index (κ1) is 21.1. The summed E-state index contributed by atoms with van der Waals surface area (Å²) in [7, 11) is 0. The summed E-state index contributed by atoms with van der Waals surface area (Å²) < 4.78 is 7.51. The molecule has 10 heteroatoms. The van der Waals surface area contributed by atoms with Gasteiger partial charge in [0.2, 0.25) is 5.91 Å². The van der Waals surface area contributed by atoms with Crippen LogP contribution in [-0.2, 0) is 16.1 Å². The van der Waals surface area contributed by atoms with Gasteiger partial charge in [-0.1, -0.05) is 29.3 Å². The summed E-state index contributed by atoms with van der Waals surface area (Å²) in [5, 5.41) is 9.52. The van der Waals surface area contributed by atoms with Gasteiger partial charge in [-0.15, -0.1) is 10.2 Å². The van der Waals surface area contributed by atoms with Crippen molar-refractivity contribution in [3.05, 3.63) is 45.9 Å². The van der Waals surface area contributed by atoms with Crippen LogP contribution in [0.1, 0.15) is 12.5 Å². The van der Waals surface area contributed by atoms with Crippen molar-refractivity contribution >= 4 is 46.9 Å². The number of rotatable bonds is 6. The van der Waals surface area contributed by atoms with Gasteiger partial charge in [0.25, 0.3) is 0 Å². The highest BCUT2D eigenvalue weighted by Gasteiger charge is 2.25. The van der Waals surface area contributed by atoms with E-state index in [2.05, 4.69) is 15.1 Å². The van der Waals surface area contributed by atoms with Crippen LogP contribution in [0.3, 0.4) is 0 Å². The highest BCUT2D eigenvalue weighted by Crippen LogP contribution is 2.25. The Balaban J connectivity index is 1.59. The van der Waals surface area contributed by atoms with Crippen molar-refractivity contribution in [2.45, 2.75) is 24.6 Å². The lowest BCUT2D eigenvalue weighted by atomic mass is 10.2. The second-order valence-electron chi connectivity index (χ2n) is 6.44. The molecule has 1 amide bonds. The first-order valence-electron chi connectivity index (χ1n) is 8.74. The molecule has 3 rings (SSSR count). The topological polar surface area (TPSA) is 84.6 Å². The first-order valence-corrected chi connectivity index (χ1v) is 10.3. The van der Waals surface area contributed by atoms with Crippen LogP contribution in [0.25, 0.3) is 0 Å². The molecule has 1 saturated heterocycles. The van der Waals surface area contributed by atoms with Crippen LogP contribution in [0, 0.1) is 0 Å². The van der Waals surface area contributed by atoms with Crippen molar-refractivity contribution in [1.82, 2.24) is 19.4 Å². The van der Waals surface area contributed by atoms with Crippen molar-refractivity contribution in [3.63, 3.8) is 0 Å². The number of morpholine rings is 1. The largest absolute Gasteiger partial charge is 0.382 e. The molecule has 1 aliphatic heterocycles. The number of amides is 1. The van der Waals surface area contributed by atoms with Crippen LogP contribution in [0.5, 0.6) is 0 Å². The molecule has 1 aromatic heterocycles. The maximum absolute atomic E-state index is 12.1. The Morgan fingerprint density at radius 1 is 1.32 bits per heavy atom. The van der Waals surface area contributed by atoms with Gasteiger partial charge < -0.3 is 10.5 Å². The Morgan fingerprint density at radius 2 is 2.14 bits per heavy atom. The molecule has 2 N–H and O–H groups in total. The van der Waals surface area contributed by atoms with E-state index in [0.717, 1.165) is 18.7 Å². The molecular formula is C18H21Cl2N5O2S. The lowest BCUT2D eigenvalue weighted by molar-refractivity contribution is -0.126. The van der Waals surface area contributed by atoms with Crippen molar-refractivity contribution < 1.29 is 9.53 Å². The zero-order valence-electron chi connectivity index (χ0n) is 15.3. The number of halogens is 2. The summed E-state index contributed by atoms with van der Waals surface area (Å²) in [6.07, 6.45) is -0.102. The average Bonchev–Trinajstić information content (AvgIpc) is 2.66. The Hall–Kier alpha value is -1.58. The molecule has 7 nitrogen and oxygen atoms in total. The number of nitrogens with two attached hydrogens (primary N) is 1. The van der Waals surface area contributed by atoms with E-state index in [9.17, 15) is 4.79 Å². The van der Waals surface area contributed by atoms with Gasteiger partial charge in [-0.25, -0.2) is 0 Å². The van der Waals surface area contributed by atoms with Crippen LogP contribution in [0.2, 0.25) is 10.0 Å². The Morgan fingerprint density at radius 3 is 2.82 bits per heavy atom. The SMILES string of the molecule is CC(=O)N(C[C@@H]1CN(Cc2ccc(Cl)c(Cl)c2)CCO1)Sc1ccc(N)nn1. The van der Waals surface area contributed by atoms with Crippen molar-refractivity contribution in [2.24, 2.45) is 0 Å². The van der Waals surface area contributed by atoms with Crippen molar-refractivity contribution in [1.29, 1.82) is 0 Å². The van der Waals surface area contributed by atoms with E-state index in [1.165, 1.54) is 18.9 Å². The number of carbonyl (C=O) groups excluding carboxylic acids is 1. The molecule has 0 saturated carbocycles. The van der Waals surface area contributed by atoms with Gasteiger partial charge in [-0.05, 0) is 29.8 Å². The fourth-order valence-electron chi connectivity index (χ4n) is 2.84. The van der Waals surface area contributed by atoms with E-state index in [1.54, 1.807) is 22.5 Å². The number of anilines is 1. The molecular weight excluding hydrogens is 421 g/mol. The van der Waals surface area contributed by atoms with E-state index in [4.69, 9.17) is 33.7 Å². The summed E-state index contributed by atoms with van der Waals surface area (Å²) in [5.41, 5.74) is 6.65. The van der Waals surface area contributed by atoms with E-state index >= 15 is 0 Å². The smallest absolute Gasteiger partial charge is 0.229 e. The molecule has 1 aromatic carbocycles. The van der Waals surface area contributed by atoms with Gasteiger partial charge in [0.15, 0.2) is 0 Å². The molecule has 0 radical (unpaired) electrons. The molecule has 0 spiro atoms. The Bertz CT molecular complexity index is 824. The zero-order valence-corrected chi connectivity index (χ0v) is 17.7. The van der Waals surface area contributed by atoms with Gasteiger partial charge >= 0.3 is 0 Å². The number of benzene rings is 1. The third-order valence-electron chi connectivity index (χ3n) is 4.20. The zero-order chi connectivity index (χ0) is 20.1. The second kappa shape index (κ2) is 9.76. The summed E-state index contributed by atoms with van der Waals surface area (Å²) in [6.45, 7) is 4.83. The summed E-state index contributed by atoms with van der Waals surface area (Å²) in [5.74, 6) is 0.265. The molecule has 0 unspecified atom stereocenters. The number of nitrogen functional groups attached to an aromatic ring is 1. The predicted molar refractivity (Wildman–Crippen MR) is 111 cm³/mol. The molecule has 1 fully saturated rings. The Kier molecular flexibility index (Phi) is 7.36. The monoisotopic (exact) mass is 441 g/mol. The van der Waals surface area contributed by atoms with E-state index < -0.39 is 0 Å². The van der Waals surface area contributed by atoms with Gasteiger partial charge in [-0.2, -0.15) is 0 Å². The third kappa shape index (κ3) is 5.96. The summed E-state index contributed by atoms with van der Waals surface area (Å²) in [4.78, 5) is 14.3. The maximum atomic E-state index is 12.1. The number of carbonyl (C=O) groups is 1. The summed E-state index contributed by atoms with van der Waals surface area (Å²) in [6, 6.07) is 9.05. The molecule has 1 aliphatic rings. The lowest BCUT2D eigenvalue weighted by Gasteiger charge is -2.35. The number of nitrogens with zero attached hydrogens (tertiary/aromatic N) is 4. The van der Waals surface area contributed by atoms with Crippen LogP contribution in [0.15, 0.2) is 35.4 Å². The van der Waals surface area contributed by atoms with E-state index in [0.29, 0.717) is 40.6 Å². The molecule has 0 bridgehead atoms. The van der Waals surface area contributed by atoms with Gasteiger partial charge in [-0.3, -0.25) is 14.0 Å². The second-order valence-corrected chi connectivity index (χ2v) is 8.30. The van der Waals surface area contributed by atoms with Crippen LogP contribution in [-0.4, -0.2) is 57.7 Å². The Labute approximate surface area is 178 Å².